The van der Waals surface area contributed by atoms with Crippen LogP contribution in [0.25, 0.3) is 10.9 Å². The predicted octanol–water partition coefficient (Wildman–Crippen LogP) is 2.96. The lowest BCUT2D eigenvalue weighted by Gasteiger charge is -2.06. The molecular formula is C16H24N2O. The van der Waals surface area contributed by atoms with Crippen LogP contribution in [0.2, 0.25) is 0 Å². The van der Waals surface area contributed by atoms with Gasteiger partial charge in [-0.15, -0.1) is 0 Å². The Morgan fingerprint density at radius 3 is 2.84 bits per heavy atom. The Bertz CT molecular complexity index is 504. The number of para-hydroxylation sites is 1. The molecule has 2 rings (SSSR count). The summed E-state index contributed by atoms with van der Waals surface area (Å²) in [5.41, 5.74) is 8.30. The molecule has 2 N–H and O–H groups in total. The standard InChI is InChI=1S/C16H24N2O/c1-2-3-11-19-12-10-18-13-14(8-9-17)15-6-4-5-7-16(15)18/h4-7,13H,2-3,8-12,17H2,1H3. The van der Waals surface area contributed by atoms with E-state index in [1.165, 1.54) is 22.9 Å². The fraction of sp³-hybridized carbons (Fsp3) is 0.500. The molecule has 3 nitrogen and oxygen atoms in total. The van der Waals surface area contributed by atoms with E-state index >= 15 is 0 Å². The summed E-state index contributed by atoms with van der Waals surface area (Å²) in [6.07, 6.45) is 5.49. The highest BCUT2D eigenvalue weighted by Gasteiger charge is 2.06. The third-order valence-corrected chi connectivity index (χ3v) is 3.40. The molecule has 0 fully saturated rings. The normalized spacial score (nSPS) is 11.3. The van der Waals surface area contributed by atoms with Crippen molar-refractivity contribution >= 4 is 10.9 Å². The quantitative estimate of drug-likeness (QED) is 0.741. The van der Waals surface area contributed by atoms with Gasteiger partial charge >= 0.3 is 0 Å². The van der Waals surface area contributed by atoms with Gasteiger partial charge in [-0.3, -0.25) is 0 Å². The third kappa shape index (κ3) is 3.58. The lowest BCUT2D eigenvalue weighted by atomic mass is 10.1. The first kappa shape index (κ1) is 14.1. The largest absolute Gasteiger partial charge is 0.380 e. The molecule has 19 heavy (non-hydrogen) atoms. The van der Waals surface area contributed by atoms with E-state index in [0.29, 0.717) is 6.54 Å². The van der Waals surface area contributed by atoms with Crippen LogP contribution in [-0.4, -0.2) is 24.3 Å². The van der Waals surface area contributed by atoms with Gasteiger partial charge in [-0.05, 0) is 31.0 Å². The Labute approximate surface area is 115 Å². The number of benzene rings is 1. The SMILES string of the molecule is CCCCOCCn1cc(CCN)c2ccccc21. The number of ether oxygens (including phenoxy) is 1. The van der Waals surface area contributed by atoms with Gasteiger partial charge < -0.3 is 15.0 Å². The van der Waals surface area contributed by atoms with Gasteiger partial charge in [0.25, 0.3) is 0 Å². The van der Waals surface area contributed by atoms with Crippen LogP contribution in [0.4, 0.5) is 0 Å². The second kappa shape index (κ2) is 7.31. The number of unbranched alkanes of at least 4 members (excludes halogenated alkanes) is 1. The fourth-order valence-electron chi connectivity index (χ4n) is 2.37. The predicted molar refractivity (Wildman–Crippen MR) is 80.4 cm³/mol. The van der Waals surface area contributed by atoms with Crippen LogP contribution >= 0.6 is 0 Å². The summed E-state index contributed by atoms with van der Waals surface area (Å²) in [4.78, 5) is 0. The van der Waals surface area contributed by atoms with Crippen LogP contribution in [-0.2, 0) is 17.7 Å². The minimum Gasteiger partial charge on any atom is -0.380 e. The fourth-order valence-corrected chi connectivity index (χ4v) is 2.37. The van der Waals surface area contributed by atoms with E-state index in [1.807, 2.05) is 0 Å². The summed E-state index contributed by atoms with van der Waals surface area (Å²) in [6, 6.07) is 8.52. The van der Waals surface area contributed by atoms with Gasteiger partial charge in [0.2, 0.25) is 0 Å². The Balaban J connectivity index is 2.05. The molecule has 1 aromatic carbocycles. The lowest BCUT2D eigenvalue weighted by molar-refractivity contribution is 0.124. The molecule has 0 unspecified atom stereocenters. The zero-order valence-corrected chi connectivity index (χ0v) is 11.8. The van der Waals surface area contributed by atoms with Crippen molar-refractivity contribution in [2.24, 2.45) is 5.73 Å². The molecule has 0 saturated heterocycles. The van der Waals surface area contributed by atoms with Crippen molar-refractivity contribution in [1.29, 1.82) is 0 Å². The highest BCUT2D eigenvalue weighted by atomic mass is 16.5. The van der Waals surface area contributed by atoms with Gasteiger partial charge in [-0.2, -0.15) is 0 Å². The number of aromatic nitrogens is 1. The maximum Gasteiger partial charge on any atom is 0.0645 e. The molecule has 1 aromatic heterocycles. The molecule has 0 aliphatic rings. The number of nitrogens with two attached hydrogens (primary N) is 1. The maximum atomic E-state index is 5.68. The average molecular weight is 260 g/mol. The molecule has 0 amide bonds. The third-order valence-electron chi connectivity index (χ3n) is 3.40. The molecule has 0 aliphatic heterocycles. The Morgan fingerprint density at radius 1 is 1.21 bits per heavy atom. The van der Waals surface area contributed by atoms with Crippen molar-refractivity contribution in [3.63, 3.8) is 0 Å². The zero-order chi connectivity index (χ0) is 13.5. The first-order chi connectivity index (χ1) is 9.36. The van der Waals surface area contributed by atoms with Gasteiger partial charge in [0.1, 0.15) is 0 Å². The molecule has 1 heterocycles. The van der Waals surface area contributed by atoms with Crippen LogP contribution in [0.5, 0.6) is 0 Å². The van der Waals surface area contributed by atoms with Crippen molar-refractivity contribution in [2.75, 3.05) is 19.8 Å². The average Bonchev–Trinajstić information content (AvgIpc) is 2.78. The number of hydrogen-bond acceptors (Lipinski definition) is 2. The maximum absolute atomic E-state index is 5.68. The summed E-state index contributed by atoms with van der Waals surface area (Å²) < 4.78 is 7.93. The smallest absolute Gasteiger partial charge is 0.0645 e. The molecule has 2 aromatic rings. The van der Waals surface area contributed by atoms with Crippen LogP contribution in [0.3, 0.4) is 0 Å². The minimum atomic E-state index is 0.695. The number of hydrogen-bond donors (Lipinski definition) is 1. The molecule has 0 atom stereocenters. The van der Waals surface area contributed by atoms with Crippen molar-refractivity contribution in [1.82, 2.24) is 4.57 Å². The van der Waals surface area contributed by atoms with E-state index in [9.17, 15) is 0 Å². The second-order valence-electron chi connectivity index (χ2n) is 4.87. The van der Waals surface area contributed by atoms with Crippen molar-refractivity contribution in [3.8, 4) is 0 Å². The van der Waals surface area contributed by atoms with Crippen molar-refractivity contribution in [3.05, 3.63) is 36.0 Å². The van der Waals surface area contributed by atoms with Crippen molar-refractivity contribution < 1.29 is 4.74 Å². The Hall–Kier alpha value is -1.32. The van der Waals surface area contributed by atoms with Gasteiger partial charge in [0, 0.05) is 30.3 Å². The molecule has 0 spiro atoms. The van der Waals surface area contributed by atoms with Gasteiger partial charge in [-0.1, -0.05) is 31.5 Å². The summed E-state index contributed by atoms with van der Waals surface area (Å²) in [5.74, 6) is 0. The van der Waals surface area contributed by atoms with Crippen LogP contribution < -0.4 is 5.73 Å². The molecule has 104 valence electrons. The number of rotatable bonds is 8. The Kier molecular flexibility index (Phi) is 5.43. The molecule has 3 heteroatoms. The number of fused-ring (bicyclic) bond motifs is 1. The highest BCUT2D eigenvalue weighted by Crippen LogP contribution is 2.21. The van der Waals surface area contributed by atoms with Crippen LogP contribution in [0.15, 0.2) is 30.5 Å². The van der Waals surface area contributed by atoms with E-state index < -0.39 is 0 Å². The molecule has 0 radical (unpaired) electrons. The topological polar surface area (TPSA) is 40.2 Å². The summed E-state index contributed by atoms with van der Waals surface area (Å²) in [6.45, 7) is 5.43. The summed E-state index contributed by atoms with van der Waals surface area (Å²) in [5, 5.41) is 1.32. The molecule has 0 bridgehead atoms. The minimum absolute atomic E-state index is 0.695. The second-order valence-corrected chi connectivity index (χ2v) is 4.87. The summed E-state index contributed by atoms with van der Waals surface area (Å²) in [7, 11) is 0. The van der Waals surface area contributed by atoms with E-state index in [1.54, 1.807) is 0 Å². The highest BCUT2D eigenvalue weighted by molar-refractivity contribution is 5.84. The van der Waals surface area contributed by atoms with E-state index in [4.69, 9.17) is 10.5 Å². The van der Waals surface area contributed by atoms with E-state index in [2.05, 4.69) is 42.0 Å². The van der Waals surface area contributed by atoms with E-state index in [-0.39, 0.29) is 0 Å². The van der Waals surface area contributed by atoms with Crippen LogP contribution in [0.1, 0.15) is 25.3 Å². The molecule has 0 saturated carbocycles. The van der Waals surface area contributed by atoms with Gasteiger partial charge in [-0.25, -0.2) is 0 Å². The Morgan fingerprint density at radius 2 is 2.05 bits per heavy atom. The van der Waals surface area contributed by atoms with Gasteiger partial charge in [0.15, 0.2) is 0 Å². The first-order valence-electron chi connectivity index (χ1n) is 7.21. The van der Waals surface area contributed by atoms with E-state index in [0.717, 1.165) is 32.6 Å². The molecule has 0 aliphatic carbocycles. The van der Waals surface area contributed by atoms with Gasteiger partial charge in [0.05, 0.1) is 6.61 Å². The zero-order valence-electron chi connectivity index (χ0n) is 11.8. The summed E-state index contributed by atoms with van der Waals surface area (Å²) >= 11 is 0. The van der Waals surface area contributed by atoms with Crippen molar-refractivity contribution in [2.45, 2.75) is 32.7 Å². The number of nitrogens with zero attached hydrogens (tertiary/aromatic N) is 1. The first-order valence-corrected chi connectivity index (χ1v) is 7.21. The van der Waals surface area contributed by atoms with Crippen LogP contribution in [0, 0.1) is 0 Å². The lowest BCUT2D eigenvalue weighted by Crippen LogP contribution is -2.06. The monoisotopic (exact) mass is 260 g/mol. The molecular weight excluding hydrogens is 236 g/mol.